The van der Waals surface area contributed by atoms with Crippen molar-refractivity contribution in [3.8, 4) is 0 Å². The lowest BCUT2D eigenvalue weighted by Crippen LogP contribution is -2.18. The number of carbonyl (C=O) groups excluding carboxylic acids is 1. The second-order valence-corrected chi connectivity index (χ2v) is 11.1. The van der Waals surface area contributed by atoms with E-state index in [-0.39, 0.29) is 17.8 Å². The summed E-state index contributed by atoms with van der Waals surface area (Å²) in [7, 11) is -4.67. The van der Waals surface area contributed by atoms with Crippen molar-refractivity contribution in [2.45, 2.75) is 84.0 Å². The number of fused-ring (bicyclic) bond motifs is 2. The molecule has 0 unspecified atom stereocenters. The maximum Gasteiger partial charge on any atom is 0.394 e. The van der Waals surface area contributed by atoms with Gasteiger partial charge in [0.05, 0.1) is 18.4 Å². The number of unbranched alkanes of at least 4 members (excludes halogenated alkanes) is 7. The molecular weight excluding hydrogens is 520 g/mol. The molecule has 0 aromatic heterocycles. The Bertz CT molecular complexity index is 1090. The number of rotatable bonds is 11. The fourth-order valence-electron chi connectivity index (χ4n) is 4.99. The molecular formula is C30H42O8S. The average molecular weight is 563 g/mol. The van der Waals surface area contributed by atoms with E-state index in [1.165, 1.54) is 67.2 Å². The van der Waals surface area contributed by atoms with E-state index in [1.807, 2.05) is 36.4 Å². The summed E-state index contributed by atoms with van der Waals surface area (Å²) in [5.74, 6) is -0.820. The van der Waals surface area contributed by atoms with Crippen molar-refractivity contribution in [2.75, 3.05) is 6.61 Å². The molecule has 4 rings (SSSR count). The van der Waals surface area contributed by atoms with Crippen molar-refractivity contribution in [3.63, 3.8) is 0 Å². The van der Waals surface area contributed by atoms with Crippen LogP contribution in [0.3, 0.4) is 0 Å². The molecule has 2 aliphatic rings. The monoisotopic (exact) mass is 562 g/mol. The van der Waals surface area contributed by atoms with Crippen molar-refractivity contribution in [1.82, 2.24) is 0 Å². The highest BCUT2D eigenvalue weighted by molar-refractivity contribution is 7.79. The van der Waals surface area contributed by atoms with Gasteiger partial charge >= 0.3 is 22.3 Å². The minimum Gasteiger partial charge on any atom is -0.481 e. The molecule has 3 N–H and O–H groups in total. The molecule has 0 saturated heterocycles. The molecule has 9 heteroatoms. The molecule has 0 saturated carbocycles. The Labute approximate surface area is 232 Å². The normalized spacial score (nSPS) is 14.3. The summed E-state index contributed by atoms with van der Waals surface area (Å²) < 4.78 is 37.0. The minimum absolute atomic E-state index is 0.000791. The van der Waals surface area contributed by atoms with Crippen LogP contribution in [0.25, 0.3) is 0 Å². The largest absolute Gasteiger partial charge is 0.481 e. The summed E-state index contributed by atoms with van der Waals surface area (Å²) in [6.07, 6.45) is 13.3. The van der Waals surface area contributed by atoms with Crippen LogP contribution in [0, 0.1) is 11.8 Å². The molecule has 0 atom stereocenters. The van der Waals surface area contributed by atoms with Crippen molar-refractivity contribution in [2.24, 2.45) is 11.8 Å². The lowest BCUT2D eigenvalue weighted by molar-refractivity contribution is -0.148. The summed E-state index contributed by atoms with van der Waals surface area (Å²) in [5.41, 5.74) is 5.03. The van der Waals surface area contributed by atoms with Crippen LogP contribution in [0.4, 0.5) is 0 Å². The zero-order valence-electron chi connectivity index (χ0n) is 22.8. The highest BCUT2D eigenvalue weighted by Gasteiger charge is 2.28. The Morgan fingerprint density at radius 1 is 0.718 bits per heavy atom. The molecule has 0 spiro atoms. The Hall–Kier alpha value is -2.75. The Balaban J connectivity index is 0.000000260. The third kappa shape index (κ3) is 13.2. The van der Waals surface area contributed by atoms with Gasteiger partial charge in [-0.3, -0.25) is 18.7 Å². The lowest BCUT2D eigenvalue weighted by Gasteiger charge is -2.09. The molecule has 2 aromatic rings. The number of benzene rings is 2. The molecule has 216 valence electrons. The van der Waals surface area contributed by atoms with E-state index in [2.05, 4.69) is 19.1 Å². The van der Waals surface area contributed by atoms with Gasteiger partial charge in [-0.15, -0.1) is 0 Å². The molecule has 2 aromatic carbocycles. The SMILES string of the molecule is CCCCCCCCCCOC(=O)C1Cc2ccccc2C1.O=C(O)C1Cc2ccccc2C1.O=S(=O)(O)O. The summed E-state index contributed by atoms with van der Waals surface area (Å²) in [6.45, 7) is 2.85. The zero-order valence-corrected chi connectivity index (χ0v) is 23.6. The number of carboxylic acid groups (broad SMARTS) is 1. The fraction of sp³-hybridized carbons (Fsp3) is 0.533. The second-order valence-electron chi connectivity index (χ2n) is 10.2. The first-order valence-corrected chi connectivity index (χ1v) is 15.2. The van der Waals surface area contributed by atoms with E-state index in [4.69, 9.17) is 27.4 Å². The Kier molecular flexibility index (Phi) is 14.2. The molecule has 0 bridgehead atoms. The van der Waals surface area contributed by atoms with Crippen LogP contribution in [-0.2, 0) is 50.4 Å². The van der Waals surface area contributed by atoms with Gasteiger partial charge in [-0.25, -0.2) is 0 Å². The number of carboxylic acids is 1. The third-order valence-electron chi connectivity index (χ3n) is 7.03. The van der Waals surface area contributed by atoms with Gasteiger partial charge < -0.3 is 9.84 Å². The molecule has 0 amide bonds. The summed E-state index contributed by atoms with van der Waals surface area (Å²) in [6, 6.07) is 16.3. The number of esters is 1. The van der Waals surface area contributed by atoms with Crippen molar-refractivity contribution in [3.05, 3.63) is 70.8 Å². The number of ether oxygens (including phenoxy) is 1. The number of aliphatic carboxylic acids is 1. The average Bonchev–Trinajstić information content (AvgIpc) is 3.52. The first-order chi connectivity index (χ1) is 18.6. The highest BCUT2D eigenvalue weighted by Crippen LogP contribution is 2.27. The fourth-order valence-corrected chi connectivity index (χ4v) is 4.99. The standard InChI is InChI=1S/C20H30O2.C10H10O2.H2O4S/c1-2-3-4-5-6-7-8-11-14-22-20(21)19-15-17-12-9-10-13-18(17)16-19;11-10(12)9-5-7-3-1-2-4-8(7)6-9;1-5(2,3)4/h9-10,12-13,19H,2-8,11,14-16H2,1H3;1-4,9H,5-6H2,(H,11,12);(H2,1,2,3,4). The van der Waals surface area contributed by atoms with Gasteiger partial charge in [0.2, 0.25) is 0 Å². The Morgan fingerprint density at radius 2 is 1.08 bits per heavy atom. The number of hydrogen-bond acceptors (Lipinski definition) is 5. The van der Waals surface area contributed by atoms with Crippen LogP contribution in [0.1, 0.15) is 80.5 Å². The van der Waals surface area contributed by atoms with Crippen LogP contribution < -0.4 is 0 Å². The summed E-state index contributed by atoms with van der Waals surface area (Å²) in [5, 5.41) is 8.79. The van der Waals surface area contributed by atoms with Crippen LogP contribution in [0.5, 0.6) is 0 Å². The molecule has 39 heavy (non-hydrogen) atoms. The lowest BCUT2D eigenvalue weighted by atomic mass is 10.1. The minimum atomic E-state index is -4.67. The van der Waals surface area contributed by atoms with Crippen LogP contribution in [-0.4, -0.2) is 41.2 Å². The first kappa shape index (κ1) is 32.5. The van der Waals surface area contributed by atoms with Gasteiger partial charge in [0.25, 0.3) is 0 Å². The highest BCUT2D eigenvalue weighted by atomic mass is 32.3. The predicted octanol–water partition coefficient (Wildman–Crippen LogP) is 5.92. The molecule has 8 nitrogen and oxygen atoms in total. The molecule has 0 heterocycles. The molecule has 2 aliphatic carbocycles. The van der Waals surface area contributed by atoms with E-state index < -0.39 is 16.4 Å². The van der Waals surface area contributed by atoms with Crippen molar-refractivity contribution in [1.29, 1.82) is 0 Å². The maximum atomic E-state index is 12.1. The number of carbonyl (C=O) groups is 2. The molecule has 0 radical (unpaired) electrons. The molecule has 0 fully saturated rings. The van der Waals surface area contributed by atoms with Crippen LogP contribution in [0.15, 0.2) is 48.5 Å². The van der Waals surface area contributed by atoms with Crippen LogP contribution in [0.2, 0.25) is 0 Å². The van der Waals surface area contributed by atoms with E-state index in [1.54, 1.807) is 0 Å². The van der Waals surface area contributed by atoms with Gasteiger partial charge in [-0.1, -0.05) is 100 Å². The van der Waals surface area contributed by atoms with E-state index in [0.29, 0.717) is 19.4 Å². The summed E-state index contributed by atoms with van der Waals surface area (Å²) in [4.78, 5) is 22.8. The van der Waals surface area contributed by atoms with E-state index in [9.17, 15) is 9.59 Å². The summed E-state index contributed by atoms with van der Waals surface area (Å²) >= 11 is 0. The quantitative estimate of drug-likeness (QED) is 0.174. The predicted molar refractivity (Wildman–Crippen MR) is 150 cm³/mol. The van der Waals surface area contributed by atoms with Crippen LogP contribution >= 0.6 is 0 Å². The van der Waals surface area contributed by atoms with Gasteiger partial charge in [0, 0.05) is 0 Å². The zero-order chi connectivity index (χ0) is 28.7. The number of hydrogen-bond donors (Lipinski definition) is 3. The van der Waals surface area contributed by atoms with E-state index in [0.717, 1.165) is 19.3 Å². The van der Waals surface area contributed by atoms with Gasteiger partial charge in [-0.2, -0.15) is 8.42 Å². The van der Waals surface area contributed by atoms with Gasteiger partial charge in [0.15, 0.2) is 0 Å². The second kappa shape index (κ2) is 17.0. The third-order valence-corrected chi connectivity index (χ3v) is 7.03. The van der Waals surface area contributed by atoms with Gasteiger partial charge in [-0.05, 0) is 54.4 Å². The smallest absolute Gasteiger partial charge is 0.394 e. The Morgan fingerprint density at radius 3 is 1.46 bits per heavy atom. The van der Waals surface area contributed by atoms with Crippen molar-refractivity contribution < 1.29 is 37.0 Å². The molecule has 0 aliphatic heterocycles. The van der Waals surface area contributed by atoms with E-state index >= 15 is 0 Å². The van der Waals surface area contributed by atoms with Gasteiger partial charge in [0.1, 0.15) is 0 Å². The maximum absolute atomic E-state index is 12.1. The first-order valence-electron chi connectivity index (χ1n) is 13.8. The topological polar surface area (TPSA) is 138 Å². The van der Waals surface area contributed by atoms with Crippen molar-refractivity contribution >= 4 is 22.3 Å².